The lowest BCUT2D eigenvalue weighted by molar-refractivity contribution is 0.353. The van der Waals surface area contributed by atoms with Crippen LogP contribution in [0.2, 0.25) is 0 Å². The number of hydrogen-bond acceptors (Lipinski definition) is 6. The predicted molar refractivity (Wildman–Crippen MR) is 187 cm³/mol. The summed E-state index contributed by atoms with van der Waals surface area (Å²) >= 11 is 27.3. The van der Waals surface area contributed by atoms with Crippen LogP contribution < -0.4 is 0 Å². The minimum atomic E-state index is 0.0999. The highest BCUT2D eigenvalue weighted by Crippen LogP contribution is 2.61. The Hall–Kier alpha value is -2.32. The second-order valence-corrected chi connectivity index (χ2v) is 14.8. The van der Waals surface area contributed by atoms with Crippen LogP contribution in [0.3, 0.4) is 0 Å². The Morgan fingerprint density at radius 2 is 0.925 bits per heavy atom. The van der Waals surface area contributed by atoms with Crippen molar-refractivity contribution in [3.63, 3.8) is 0 Å². The van der Waals surface area contributed by atoms with E-state index in [0.29, 0.717) is 0 Å². The zero-order chi connectivity index (χ0) is 27.2. The van der Waals surface area contributed by atoms with Crippen LogP contribution >= 0.6 is 71.5 Å². The molecule has 4 aromatic rings. The number of thiocarbonyl (C=S) groups is 4. The largest absolute Gasteiger partial charge is 0.135 e. The van der Waals surface area contributed by atoms with Gasteiger partial charge in [0, 0.05) is 58.3 Å². The van der Waals surface area contributed by atoms with E-state index in [-0.39, 0.29) is 5.41 Å². The van der Waals surface area contributed by atoms with Crippen molar-refractivity contribution >= 4 is 103 Å². The van der Waals surface area contributed by atoms with Crippen LogP contribution in [-0.4, -0.2) is 19.5 Å². The Labute approximate surface area is 263 Å². The van der Waals surface area contributed by atoms with Gasteiger partial charge in [-0.15, -0.1) is 22.7 Å². The van der Waals surface area contributed by atoms with Crippen LogP contribution in [-0.2, 0) is 5.41 Å². The lowest BCUT2D eigenvalue weighted by atomic mass is 9.68. The fourth-order valence-electron chi connectivity index (χ4n) is 6.94. The summed E-state index contributed by atoms with van der Waals surface area (Å²) in [6.07, 6.45) is 10.7. The van der Waals surface area contributed by atoms with Crippen molar-refractivity contribution in [3.8, 4) is 9.75 Å². The molecule has 0 atom stereocenters. The third-order valence-electron chi connectivity index (χ3n) is 8.83. The van der Waals surface area contributed by atoms with E-state index in [0.717, 1.165) is 52.9 Å². The van der Waals surface area contributed by atoms with E-state index in [1.807, 2.05) is 46.9 Å². The molecule has 8 rings (SSSR count). The van der Waals surface area contributed by atoms with E-state index in [1.54, 1.807) is 0 Å². The van der Waals surface area contributed by atoms with Gasteiger partial charge >= 0.3 is 0 Å². The van der Waals surface area contributed by atoms with Gasteiger partial charge in [-0.2, -0.15) is 0 Å². The lowest BCUT2D eigenvalue weighted by Gasteiger charge is -2.34. The molecule has 2 heterocycles. The SMILES string of the molecule is S=C1C(=Cc2cc3c(s2)-c2sc(C=C4C(=S)c5ccccc5C4=S)cc2C32CCCCC2)C(=S)c2ccccc21. The monoisotopic (exact) mass is 622 g/mol. The Kier molecular flexibility index (Phi) is 5.93. The molecule has 4 aliphatic carbocycles. The minimum absolute atomic E-state index is 0.0999. The van der Waals surface area contributed by atoms with E-state index in [9.17, 15) is 0 Å². The first-order valence-electron chi connectivity index (χ1n) is 13.6. The molecule has 6 heteroatoms. The number of allylic oxidation sites excluding steroid dienone is 2. The first-order chi connectivity index (χ1) is 19.5. The summed E-state index contributed by atoms with van der Waals surface area (Å²) in [7, 11) is 0. The average Bonchev–Trinajstić information content (AvgIpc) is 3.75. The van der Waals surface area contributed by atoms with Gasteiger partial charge in [0.25, 0.3) is 0 Å². The van der Waals surface area contributed by atoms with Gasteiger partial charge in [-0.3, -0.25) is 0 Å². The standard InChI is InChI=1S/C34H22S6/c35-28-20-8-2-3-9-21(20)29(36)24(28)14-18-16-26-32(39-18)33-27(34(26)12-6-1-7-13-34)17-19(40-33)15-25-30(37)22-10-4-5-11-23(22)31(25)38/h2-5,8-11,14-17H,1,6-7,12-13H2. The molecule has 0 radical (unpaired) electrons. The molecule has 194 valence electrons. The van der Waals surface area contributed by atoms with Gasteiger partial charge in [0.2, 0.25) is 0 Å². The first-order valence-corrected chi connectivity index (χ1v) is 16.8. The second kappa shape index (κ2) is 9.35. The van der Waals surface area contributed by atoms with E-state index < -0.39 is 0 Å². The maximum Gasteiger partial charge on any atom is 0.0543 e. The van der Waals surface area contributed by atoms with Crippen LogP contribution in [0.15, 0.2) is 71.8 Å². The Morgan fingerprint density at radius 3 is 1.30 bits per heavy atom. The predicted octanol–water partition coefficient (Wildman–Crippen LogP) is 10.1. The molecule has 1 saturated carbocycles. The molecule has 2 aromatic carbocycles. The van der Waals surface area contributed by atoms with Crippen molar-refractivity contribution in [1.82, 2.24) is 0 Å². The average molecular weight is 623 g/mol. The van der Waals surface area contributed by atoms with Crippen molar-refractivity contribution < 1.29 is 0 Å². The van der Waals surface area contributed by atoms with E-state index in [2.05, 4.69) is 48.6 Å². The second-order valence-electron chi connectivity index (χ2n) is 10.9. The summed E-state index contributed by atoms with van der Waals surface area (Å²) in [5.74, 6) is 0. The van der Waals surface area contributed by atoms with Gasteiger partial charge in [0.15, 0.2) is 0 Å². The molecule has 0 saturated heterocycles. The van der Waals surface area contributed by atoms with Gasteiger partial charge in [-0.05, 0) is 48.3 Å². The summed E-state index contributed by atoms with van der Waals surface area (Å²) in [5, 5.41) is 0. The molecule has 0 unspecified atom stereocenters. The van der Waals surface area contributed by atoms with E-state index >= 15 is 0 Å². The first kappa shape index (κ1) is 25.4. The third-order valence-corrected chi connectivity index (χ3v) is 12.9. The van der Waals surface area contributed by atoms with Gasteiger partial charge < -0.3 is 0 Å². The molecule has 0 aliphatic heterocycles. The molecule has 4 aliphatic rings. The summed E-state index contributed by atoms with van der Waals surface area (Å²) in [6.45, 7) is 0. The van der Waals surface area contributed by atoms with E-state index in [4.69, 9.17) is 48.9 Å². The van der Waals surface area contributed by atoms with Crippen LogP contribution in [0.4, 0.5) is 0 Å². The van der Waals surface area contributed by atoms with Gasteiger partial charge in [0.1, 0.15) is 0 Å². The minimum Gasteiger partial charge on any atom is -0.135 e. The Morgan fingerprint density at radius 1 is 0.550 bits per heavy atom. The molecule has 1 fully saturated rings. The lowest BCUT2D eigenvalue weighted by Crippen LogP contribution is -2.27. The van der Waals surface area contributed by atoms with Crippen molar-refractivity contribution in [2.45, 2.75) is 37.5 Å². The van der Waals surface area contributed by atoms with Crippen molar-refractivity contribution in [2.24, 2.45) is 0 Å². The summed E-state index contributed by atoms with van der Waals surface area (Å²) in [6, 6.07) is 21.4. The maximum absolute atomic E-state index is 5.88. The van der Waals surface area contributed by atoms with Crippen LogP contribution in [0, 0.1) is 0 Å². The topological polar surface area (TPSA) is 0 Å². The van der Waals surface area contributed by atoms with E-state index in [1.165, 1.54) is 62.7 Å². The molecule has 0 nitrogen and oxygen atoms in total. The smallest absolute Gasteiger partial charge is 0.0543 e. The fourth-order valence-corrected chi connectivity index (χ4v) is 11.0. The molecule has 2 aromatic heterocycles. The fraction of sp³-hybridized carbons (Fsp3) is 0.176. The quantitative estimate of drug-likeness (QED) is 0.161. The van der Waals surface area contributed by atoms with Crippen molar-refractivity contribution in [2.75, 3.05) is 0 Å². The van der Waals surface area contributed by atoms with Crippen molar-refractivity contribution in [1.29, 1.82) is 0 Å². The highest BCUT2D eigenvalue weighted by Gasteiger charge is 2.46. The molecular formula is C34H22S6. The van der Waals surface area contributed by atoms with Crippen LogP contribution in [0.5, 0.6) is 0 Å². The van der Waals surface area contributed by atoms with Crippen LogP contribution in [0.1, 0.15) is 75.2 Å². The zero-order valence-corrected chi connectivity index (χ0v) is 26.3. The van der Waals surface area contributed by atoms with Crippen LogP contribution in [0.25, 0.3) is 21.9 Å². The number of thiophene rings is 2. The number of hydrogen-bond donors (Lipinski definition) is 0. The number of rotatable bonds is 2. The normalized spacial score (nSPS) is 18.3. The summed E-state index contributed by atoms with van der Waals surface area (Å²) < 4.78 is 0. The van der Waals surface area contributed by atoms with Gasteiger partial charge in [-0.25, -0.2) is 0 Å². The molecule has 0 amide bonds. The van der Waals surface area contributed by atoms with Gasteiger partial charge in [0.05, 0.1) is 19.5 Å². The number of benzene rings is 2. The summed E-state index contributed by atoms with van der Waals surface area (Å²) in [4.78, 5) is 8.82. The molecular weight excluding hydrogens is 601 g/mol. The zero-order valence-electron chi connectivity index (χ0n) is 21.4. The maximum atomic E-state index is 5.88. The van der Waals surface area contributed by atoms with Gasteiger partial charge in [-0.1, -0.05) is 117 Å². The molecule has 40 heavy (non-hydrogen) atoms. The number of fused-ring (bicyclic) bond motifs is 7. The highest BCUT2D eigenvalue weighted by molar-refractivity contribution is 7.84. The summed E-state index contributed by atoms with van der Waals surface area (Å²) in [5.41, 5.74) is 9.51. The van der Waals surface area contributed by atoms with Crippen molar-refractivity contribution in [3.05, 3.63) is 115 Å². The Bertz CT molecular complexity index is 1690. The third kappa shape index (κ3) is 3.57. The Balaban J connectivity index is 1.22. The molecule has 0 bridgehead atoms. The molecule has 1 spiro atoms. The molecule has 0 N–H and O–H groups in total. The highest BCUT2D eigenvalue weighted by atomic mass is 32.1.